The normalized spacial score (nSPS) is 24.3. The fraction of sp³-hybridized carbons (Fsp3) is 0.477. The second-order valence-corrected chi connectivity index (χ2v) is 17.0. The minimum atomic E-state index is -0.816. The summed E-state index contributed by atoms with van der Waals surface area (Å²) < 4.78 is 0. The smallest absolute Gasteiger partial charge is 0.271 e. The number of aromatic nitrogens is 2. The van der Waals surface area contributed by atoms with Crippen LogP contribution in [0.5, 0.6) is 0 Å². The second-order valence-electron chi connectivity index (χ2n) is 17.0. The molecule has 59 heavy (non-hydrogen) atoms. The van der Waals surface area contributed by atoms with Crippen molar-refractivity contribution in [1.29, 1.82) is 0 Å². The van der Waals surface area contributed by atoms with E-state index < -0.39 is 23.8 Å². The summed E-state index contributed by atoms with van der Waals surface area (Å²) in [6.45, 7) is 10.9. The number of rotatable bonds is 10. The highest BCUT2D eigenvalue weighted by molar-refractivity contribution is 6.23. The van der Waals surface area contributed by atoms with Crippen LogP contribution < -0.4 is 26.2 Å². The van der Waals surface area contributed by atoms with Crippen molar-refractivity contribution in [2.24, 2.45) is 11.7 Å². The van der Waals surface area contributed by atoms with Gasteiger partial charge in [0.25, 0.3) is 17.7 Å². The number of amides is 5. The first kappa shape index (κ1) is 38.7. The van der Waals surface area contributed by atoms with Gasteiger partial charge in [-0.2, -0.15) is 0 Å². The van der Waals surface area contributed by atoms with Crippen molar-refractivity contribution >= 4 is 52.5 Å². The maximum absolute atomic E-state index is 13.4. The molecule has 4 N–H and O–H groups in total. The third-order valence-corrected chi connectivity index (χ3v) is 13.2. The van der Waals surface area contributed by atoms with Gasteiger partial charge in [-0.05, 0) is 112 Å². The van der Waals surface area contributed by atoms with Crippen molar-refractivity contribution < 1.29 is 24.0 Å². The number of likely N-dealkylation sites (tertiary alicyclic amines) is 2. The third kappa shape index (κ3) is 7.75. The lowest BCUT2D eigenvalue weighted by Gasteiger charge is -2.38. The van der Waals surface area contributed by atoms with Gasteiger partial charge in [0.2, 0.25) is 11.8 Å². The third-order valence-electron chi connectivity index (χ3n) is 13.2. The van der Waals surface area contributed by atoms with E-state index in [1.807, 2.05) is 29.2 Å². The molecule has 0 saturated carbocycles. The predicted octanol–water partition coefficient (Wildman–Crippen LogP) is 4.00. The zero-order valence-corrected chi connectivity index (χ0v) is 33.4. The Morgan fingerprint density at radius 2 is 1.64 bits per heavy atom. The van der Waals surface area contributed by atoms with E-state index in [1.54, 1.807) is 12.3 Å². The highest BCUT2D eigenvalue weighted by Crippen LogP contribution is 2.35. The van der Waals surface area contributed by atoms with Gasteiger partial charge in [-0.3, -0.25) is 28.9 Å². The molecule has 3 aromatic rings. The summed E-state index contributed by atoms with van der Waals surface area (Å²) >= 11 is 0. The maximum atomic E-state index is 13.4. The molecule has 0 spiro atoms. The molecule has 2 aromatic carbocycles. The van der Waals surface area contributed by atoms with Gasteiger partial charge in [-0.15, -0.1) is 0 Å². The first-order chi connectivity index (χ1) is 28.6. The number of fused-ring (bicyclic) bond motifs is 1. The highest BCUT2D eigenvalue weighted by atomic mass is 16.2. The molecule has 6 aliphatic heterocycles. The molecular weight excluding hydrogens is 749 g/mol. The van der Waals surface area contributed by atoms with E-state index in [1.165, 1.54) is 5.56 Å². The van der Waals surface area contributed by atoms with Crippen LogP contribution in [0.2, 0.25) is 0 Å². The molecular formula is C44H52N10O5. The largest absolute Gasteiger partial charge is 0.371 e. The molecule has 15 nitrogen and oxygen atoms in total. The number of carbonyl (C=O) groups is 5. The van der Waals surface area contributed by atoms with Crippen LogP contribution in [-0.4, -0.2) is 119 Å². The van der Waals surface area contributed by atoms with Crippen LogP contribution in [0.1, 0.15) is 100 Å². The highest BCUT2D eigenvalue weighted by Gasteiger charge is 2.44. The van der Waals surface area contributed by atoms with E-state index in [4.69, 9.17) is 10.7 Å². The summed E-state index contributed by atoms with van der Waals surface area (Å²) in [6.07, 6.45) is 9.15. The quantitative estimate of drug-likeness (QED) is 0.253. The minimum Gasteiger partial charge on any atom is -0.371 e. The van der Waals surface area contributed by atoms with E-state index in [9.17, 15) is 24.0 Å². The number of carbonyl (C=O) groups excluding carboxylic acids is 5. The maximum Gasteiger partial charge on any atom is 0.271 e. The van der Waals surface area contributed by atoms with Crippen molar-refractivity contribution in [3.8, 4) is 0 Å². The van der Waals surface area contributed by atoms with Crippen LogP contribution in [0, 0.1) is 5.92 Å². The van der Waals surface area contributed by atoms with E-state index >= 15 is 0 Å². The van der Waals surface area contributed by atoms with Crippen LogP contribution in [0.3, 0.4) is 0 Å². The lowest BCUT2D eigenvalue weighted by atomic mass is 9.89. The average Bonchev–Trinajstić information content (AvgIpc) is 3.96. The van der Waals surface area contributed by atoms with Gasteiger partial charge in [-0.25, -0.2) is 9.97 Å². The lowest BCUT2D eigenvalue weighted by molar-refractivity contribution is -0.129. The Morgan fingerprint density at radius 3 is 2.39 bits per heavy atom. The van der Waals surface area contributed by atoms with Crippen molar-refractivity contribution in [3.05, 3.63) is 83.3 Å². The van der Waals surface area contributed by atoms with Gasteiger partial charge >= 0.3 is 0 Å². The molecule has 0 aliphatic carbocycles. The Labute approximate surface area is 344 Å². The van der Waals surface area contributed by atoms with E-state index in [0.29, 0.717) is 66.1 Å². The summed E-state index contributed by atoms with van der Waals surface area (Å²) in [7, 11) is 0. The fourth-order valence-corrected chi connectivity index (χ4v) is 10.0. The molecule has 5 amide bonds. The SMILES string of the molecule is C=C1CCC(N2C(=O)c3ccc(N4CC[C@@H](CN5CCC(c6ccc(Nc7nc(N8CCCC(N9CCCC9=O)C8)cnc7C(N)=O)cc6)CC5)C4)cc3C2=O)C(=O)N1. The summed E-state index contributed by atoms with van der Waals surface area (Å²) in [5.74, 6) is 0.335. The standard InChI is InChI=1S/C44H52N10O5/c1-27-6-13-36(42(57)47-27)54-43(58)34-12-11-32(22-35(34)44(54)59)51-21-14-28(25-51)24-50-19-15-30(16-20-50)29-7-9-31(10-8-29)48-41-39(40(45)56)46-23-37(49-41)52-17-2-4-33(26-52)53-18-3-5-38(53)55/h7-12,22-23,28,30,33,36H,1-6,13-21,24-26H2,(H2,45,56)(H,47,57)(H,48,49)/t28-,33?,36?/m0/s1. The van der Waals surface area contributed by atoms with E-state index in [2.05, 4.69) is 49.0 Å². The van der Waals surface area contributed by atoms with Gasteiger partial charge in [0, 0.05) is 68.8 Å². The summed E-state index contributed by atoms with van der Waals surface area (Å²) in [6, 6.07) is 13.2. The molecule has 308 valence electrons. The van der Waals surface area contributed by atoms with Crippen LogP contribution in [0.4, 0.5) is 23.0 Å². The molecule has 15 heteroatoms. The Balaban J connectivity index is 0.772. The topological polar surface area (TPSA) is 177 Å². The van der Waals surface area contributed by atoms with E-state index in [0.717, 1.165) is 101 Å². The number of imide groups is 1. The van der Waals surface area contributed by atoms with Gasteiger partial charge in [0.15, 0.2) is 11.5 Å². The Morgan fingerprint density at radius 1 is 0.847 bits per heavy atom. The number of nitrogens with zero attached hydrogens (tertiary/aromatic N) is 7. The Kier molecular flexibility index (Phi) is 10.5. The van der Waals surface area contributed by atoms with Crippen molar-refractivity contribution in [2.75, 3.05) is 67.5 Å². The fourth-order valence-electron chi connectivity index (χ4n) is 10.0. The molecule has 5 saturated heterocycles. The number of piperidine rings is 3. The molecule has 1 aromatic heterocycles. The molecule has 5 fully saturated rings. The average molecular weight is 801 g/mol. The molecule has 7 heterocycles. The van der Waals surface area contributed by atoms with Crippen molar-refractivity contribution in [2.45, 2.75) is 75.8 Å². The number of primary amides is 1. The lowest BCUT2D eigenvalue weighted by Crippen LogP contribution is -2.51. The number of nitrogens with one attached hydrogen (secondary N) is 2. The number of anilines is 4. The number of allylic oxidation sites excluding steroid dienone is 1. The van der Waals surface area contributed by atoms with Gasteiger partial charge in [0.05, 0.1) is 17.3 Å². The Hall–Kier alpha value is -5.83. The number of hydrogen-bond acceptors (Lipinski definition) is 11. The minimum absolute atomic E-state index is 0.0861. The van der Waals surface area contributed by atoms with E-state index in [-0.39, 0.29) is 23.6 Å². The molecule has 6 aliphatic rings. The van der Waals surface area contributed by atoms with Crippen LogP contribution >= 0.6 is 0 Å². The monoisotopic (exact) mass is 800 g/mol. The van der Waals surface area contributed by atoms with Crippen LogP contribution in [-0.2, 0) is 9.59 Å². The molecule has 3 atom stereocenters. The van der Waals surface area contributed by atoms with Crippen molar-refractivity contribution in [1.82, 2.24) is 30.0 Å². The van der Waals surface area contributed by atoms with Crippen LogP contribution in [0.25, 0.3) is 0 Å². The summed E-state index contributed by atoms with van der Waals surface area (Å²) in [4.78, 5) is 83.4. The first-order valence-electron chi connectivity index (χ1n) is 21.2. The molecule has 0 radical (unpaired) electrons. The summed E-state index contributed by atoms with van der Waals surface area (Å²) in [5.41, 5.74) is 10.2. The Bertz CT molecular complexity index is 2190. The van der Waals surface area contributed by atoms with Gasteiger partial charge in [0.1, 0.15) is 11.9 Å². The van der Waals surface area contributed by atoms with Gasteiger partial charge < -0.3 is 36.0 Å². The second kappa shape index (κ2) is 16.1. The number of benzene rings is 2. The predicted molar refractivity (Wildman–Crippen MR) is 222 cm³/mol. The number of hydrogen-bond donors (Lipinski definition) is 3. The summed E-state index contributed by atoms with van der Waals surface area (Å²) in [5, 5.41) is 6.00. The number of nitrogens with two attached hydrogens (primary N) is 1. The molecule has 0 bridgehead atoms. The van der Waals surface area contributed by atoms with Gasteiger partial charge in [-0.1, -0.05) is 18.7 Å². The first-order valence-corrected chi connectivity index (χ1v) is 21.2. The van der Waals surface area contributed by atoms with Crippen molar-refractivity contribution in [3.63, 3.8) is 0 Å². The zero-order chi connectivity index (χ0) is 40.8. The molecule has 2 unspecified atom stereocenters. The molecule has 9 rings (SSSR count). The van der Waals surface area contributed by atoms with Crippen LogP contribution in [0.15, 0.2) is 60.9 Å². The zero-order valence-electron chi connectivity index (χ0n) is 33.4.